The summed E-state index contributed by atoms with van der Waals surface area (Å²) in [5, 5.41) is 3.21. The second-order valence-corrected chi connectivity index (χ2v) is 5.03. The maximum absolute atomic E-state index is 3.83. The van der Waals surface area contributed by atoms with E-state index in [-0.39, 0.29) is 0 Å². The van der Waals surface area contributed by atoms with E-state index in [9.17, 15) is 0 Å². The van der Waals surface area contributed by atoms with Gasteiger partial charge < -0.3 is 5.32 Å². The summed E-state index contributed by atoms with van der Waals surface area (Å²) in [6.45, 7) is 12.7. The highest BCUT2D eigenvalue weighted by Crippen LogP contribution is 2.18. The first-order valence-electron chi connectivity index (χ1n) is 6.00. The predicted molar refractivity (Wildman–Crippen MR) is 72.6 cm³/mol. The van der Waals surface area contributed by atoms with E-state index >= 15 is 0 Å². The van der Waals surface area contributed by atoms with Gasteiger partial charge in [-0.1, -0.05) is 39.5 Å². The molecule has 0 spiro atoms. The second-order valence-electron chi connectivity index (χ2n) is 5.03. The zero-order valence-corrected chi connectivity index (χ0v) is 10.9. The van der Waals surface area contributed by atoms with Crippen molar-refractivity contribution in [2.45, 2.75) is 34.1 Å². The van der Waals surface area contributed by atoms with Crippen molar-refractivity contribution in [1.82, 2.24) is 0 Å². The molecule has 0 amide bonds. The van der Waals surface area contributed by atoms with Crippen molar-refractivity contribution in [2.24, 2.45) is 11.8 Å². The van der Waals surface area contributed by atoms with Crippen molar-refractivity contribution in [3.63, 3.8) is 0 Å². The fourth-order valence-corrected chi connectivity index (χ4v) is 1.58. The van der Waals surface area contributed by atoms with Gasteiger partial charge in [0.05, 0.1) is 0 Å². The molecule has 0 bridgehead atoms. The Hall–Kier alpha value is -1.24. The van der Waals surface area contributed by atoms with Gasteiger partial charge in [-0.3, -0.25) is 0 Å². The molecule has 0 heterocycles. The molecule has 0 aliphatic rings. The van der Waals surface area contributed by atoms with E-state index < -0.39 is 0 Å². The summed E-state index contributed by atoms with van der Waals surface area (Å²) in [6.07, 6.45) is 1.16. The third-order valence-corrected chi connectivity index (χ3v) is 3.01. The van der Waals surface area contributed by atoms with Crippen molar-refractivity contribution < 1.29 is 0 Å². The summed E-state index contributed by atoms with van der Waals surface area (Å²) in [6, 6.07) is 8.64. The fourth-order valence-electron chi connectivity index (χ4n) is 1.58. The lowest BCUT2D eigenvalue weighted by Gasteiger charge is -2.15. The van der Waals surface area contributed by atoms with Crippen LogP contribution in [0.2, 0.25) is 0 Å². The highest BCUT2D eigenvalue weighted by molar-refractivity contribution is 5.48. The average Bonchev–Trinajstić information content (AvgIpc) is 2.20. The third-order valence-electron chi connectivity index (χ3n) is 3.01. The number of rotatable bonds is 5. The van der Waals surface area contributed by atoms with Gasteiger partial charge in [-0.2, -0.15) is 0 Å². The molecule has 1 nitrogen and oxygen atoms in total. The van der Waals surface area contributed by atoms with Gasteiger partial charge in [-0.25, -0.2) is 0 Å². The van der Waals surface area contributed by atoms with Crippen LogP contribution in [0.5, 0.6) is 0 Å². The van der Waals surface area contributed by atoms with E-state index in [1.54, 1.807) is 0 Å². The Labute approximate surface area is 99.6 Å². The molecule has 1 rings (SSSR count). The highest BCUT2D eigenvalue weighted by Gasteiger charge is 2.07. The second kappa shape index (κ2) is 5.74. The van der Waals surface area contributed by atoms with Crippen molar-refractivity contribution in [2.75, 3.05) is 5.32 Å². The number of anilines is 1. The lowest BCUT2D eigenvalue weighted by Crippen LogP contribution is -2.07. The van der Waals surface area contributed by atoms with Gasteiger partial charge in [0.1, 0.15) is 0 Å². The molecule has 0 aromatic heterocycles. The first-order chi connectivity index (χ1) is 7.49. The quantitative estimate of drug-likeness (QED) is 0.767. The van der Waals surface area contributed by atoms with Crippen LogP contribution in [0.4, 0.5) is 5.69 Å². The molecule has 16 heavy (non-hydrogen) atoms. The largest absolute Gasteiger partial charge is 0.360 e. The number of hydrogen-bond acceptors (Lipinski definition) is 1. The van der Waals surface area contributed by atoms with Gasteiger partial charge in [-0.15, -0.1) is 0 Å². The molecule has 88 valence electrons. The van der Waals surface area contributed by atoms with Gasteiger partial charge in [0.2, 0.25) is 0 Å². The lowest BCUT2D eigenvalue weighted by molar-refractivity contribution is 0.417. The summed E-state index contributed by atoms with van der Waals surface area (Å²) >= 11 is 0. The summed E-state index contributed by atoms with van der Waals surface area (Å²) in [5.41, 5.74) is 3.50. The standard InChI is InChI=1S/C15H23N/c1-11(2)13(5)10-14-6-8-15(9-7-14)16-12(3)4/h6-9,11,13,16H,3,10H2,1-2,4-5H3. The minimum atomic E-state index is 0.736. The SMILES string of the molecule is C=C(C)Nc1ccc(CC(C)C(C)C)cc1. The predicted octanol–water partition coefficient (Wildman–Crippen LogP) is 4.47. The zero-order chi connectivity index (χ0) is 12.1. The fraction of sp³-hybridized carbons (Fsp3) is 0.467. The van der Waals surface area contributed by atoms with Crippen LogP contribution in [0.25, 0.3) is 0 Å². The van der Waals surface area contributed by atoms with E-state index in [4.69, 9.17) is 0 Å². The minimum absolute atomic E-state index is 0.736. The average molecular weight is 217 g/mol. The molecule has 0 aliphatic carbocycles. The minimum Gasteiger partial charge on any atom is -0.360 e. The molecule has 1 N–H and O–H groups in total. The molecule has 1 unspecified atom stereocenters. The molecule has 0 saturated heterocycles. The van der Waals surface area contributed by atoms with Crippen LogP contribution in [0, 0.1) is 11.8 Å². The number of allylic oxidation sites excluding steroid dienone is 1. The van der Waals surface area contributed by atoms with Gasteiger partial charge in [0.25, 0.3) is 0 Å². The van der Waals surface area contributed by atoms with E-state index in [0.717, 1.165) is 29.6 Å². The van der Waals surface area contributed by atoms with E-state index in [1.807, 2.05) is 6.92 Å². The topological polar surface area (TPSA) is 12.0 Å². The normalized spacial score (nSPS) is 12.6. The Morgan fingerprint density at radius 3 is 2.19 bits per heavy atom. The van der Waals surface area contributed by atoms with Crippen LogP contribution in [0.15, 0.2) is 36.5 Å². The lowest BCUT2D eigenvalue weighted by atomic mass is 9.91. The Morgan fingerprint density at radius 1 is 1.19 bits per heavy atom. The Bertz CT molecular complexity index is 335. The summed E-state index contributed by atoms with van der Waals surface area (Å²) < 4.78 is 0. The van der Waals surface area contributed by atoms with E-state index in [0.29, 0.717) is 0 Å². The van der Waals surface area contributed by atoms with Crippen LogP contribution in [0.1, 0.15) is 33.3 Å². The van der Waals surface area contributed by atoms with Gasteiger partial charge in [0, 0.05) is 11.4 Å². The van der Waals surface area contributed by atoms with E-state index in [2.05, 4.69) is 56.9 Å². The van der Waals surface area contributed by atoms with Crippen molar-refractivity contribution >= 4 is 5.69 Å². The first kappa shape index (κ1) is 12.8. The molecular formula is C15H23N. The van der Waals surface area contributed by atoms with Crippen molar-refractivity contribution in [3.05, 3.63) is 42.1 Å². The van der Waals surface area contributed by atoms with Gasteiger partial charge in [-0.05, 0) is 42.9 Å². The molecule has 1 heteroatoms. The molecular weight excluding hydrogens is 194 g/mol. The van der Waals surface area contributed by atoms with Crippen LogP contribution in [0.3, 0.4) is 0 Å². The first-order valence-corrected chi connectivity index (χ1v) is 6.00. The molecule has 1 aromatic carbocycles. The smallest absolute Gasteiger partial charge is 0.0381 e. The highest BCUT2D eigenvalue weighted by atomic mass is 14.9. The molecule has 0 fully saturated rings. The molecule has 1 atom stereocenters. The molecule has 0 saturated carbocycles. The molecule has 0 aliphatic heterocycles. The Balaban J connectivity index is 2.61. The van der Waals surface area contributed by atoms with Crippen LogP contribution in [-0.2, 0) is 6.42 Å². The third kappa shape index (κ3) is 4.09. The Morgan fingerprint density at radius 2 is 1.75 bits per heavy atom. The number of hydrogen-bond donors (Lipinski definition) is 1. The summed E-state index contributed by atoms with van der Waals surface area (Å²) in [4.78, 5) is 0. The van der Waals surface area contributed by atoms with Crippen LogP contribution in [-0.4, -0.2) is 0 Å². The molecule has 0 radical (unpaired) electrons. The van der Waals surface area contributed by atoms with Crippen molar-refractivity contribution in [1.29, 1.82) is 0 Å². The number of benzene rings is 1. The monoisotopic (exact) mass is 217 g/mol. The maximum Gasteiger partial charge on any atom is 0.0381 e. The molecule has 1 aromatic rings. The number of nitrogens with one attached hydrogen (secondary N) is 1. The van der Waals surface area contributed by atoms with Crippen LogP contribution >= 0.6 is 0 Å². The van der Waals surface area contributed by atoms with Gasteiger partial charge in [0.15, 0.2) is 0 Å². The Kier molecular flexibility index (Phi) is 4.60. The van der Waals surface area contributed by atoms with Crippen LogP contribution < -0.4 is 5.32 Å². The summed E-state index contributed by atoms with van der Waals surface area (Å²) in [7, 11) is 0. The van der Waals surface area contributed by atoms with Crippen molar-refractivity contribution in [3.8, 4) is 0 Å². The maximum atomic E-state index is 3.83. The summed E-state index contributed by atoms with van der Waals surface area (Å²) in [5.74, 6) is 1.48. The van der Waals surface area contributed by atoms with E-state index in [1.165, 1.54) is 5.56 Å². The zero-order valence-electron chi connectivity index (χ0n) is 10.9. The van der Waals surface area contributed by atoms with Gasteiger partial charge >= 0.3 is 0 Å².